The molecule has 0 spiro atoms. The zero-order valence-electron chi connectivity index (χ0n) is 13.2. The Bertz CT molecular complexity index is 759. The van der Waals surface area contributed by atoms with Gasteiger partial charge < -0.3 is 9.47 Å². The van der Waals surface area contributed by atoms with E-state index in [9.17, 15) is 14.0 Å². The van der Waals surface area contributed by atoms with Crippen LogP contribution < -0.4 is 4.74 Å². The number of carbonyl (C=O) groups excluding carboxylic acids is 2. The van der Waals surface area contributed by atoms with E-state index in [4.69, 9.17) is 9.47 Å². The first-order valence-corrected chi connectivity index (χ1v) is 7.69. The average Bonchev–Trinajstić information content (AvgIpc) is 2.87. The highest BCUT2D eigenvalue weighted by Gasteiger charge is 2.55. The lowest BCUT2D eigenvalue weighted by molar-refractivity contribution is -0.141. The van der Waals surface area contributed by atoms with Gasteiger partial charge in [-0.05, 0) is 6.07 Å². The highest BCUT2D eigenvalue weighted by molar-refractivity contribution is 6.05. The Kier molecular flexibility index (Phi) is 4.34. The molecule has 3 rings (SSSR count). The van der Waals surface area contributed by atoms with E-state index in [1.165, 1.54) is 6.92 Å². The van der Waals surface area contributed by atoms with Crippen LogP contribution in [0.3, 0.4) is 0 Å². The van der Waals surface area contributed by atoms with E-state index in [0.29, 0.717) is 16.9 Å². The largest absolute Gasteiger partial charge is 0.466 e. The fourth-order valence-corrected chi connectivity index (χ4v) is 3.06. The summed E-state index contributed by atoms with van der Waals surface area (Å²) in [6, 6.07) is 15.3. The standard InChI is InChI=1S/C19H17FO4/c1-13(21)23-12-11-19(17(22)14-7-3-2-4-8-14)15-9-5-6-10-16(15)24-18(19)20/h2-10,18H,11-12H2,1H3/t18-,19+/m1/s1. The topological polar surface area (TPSA) is 52.6 Å². The molecule has 1 heterocycles. The van der Waals surface area contributed by atoms with Crippen molar-refractivity contribution in [1.29, 1.82) is 0 Å². The van der Waals surface area contributed by atoms with Crippen LogP contribution in [0.4, 0.5) is 4.39 Å². The van der Waals surface area contributed by atoms with Crippen molar-refractivity contribution < 1.29 is 23.5 Å². The Balaban J connectivity index is 2.05. The molecule has 0 amide bonds. The number of esters is 1. The molecule has 0 N–H and O–H groups in total. The average molecular weight is 328 g/mol. The van der Waals surface area contributed by atoms with Gasteiger partial charge in [0, 0.05) is 24.5 Å². The number of hydrogen-bond donors (Lipinski definition) is 0. The molecule has 2 aromatic rings. The van der Waals surface area contributed by atoms with Gasteiger partial charge in [0.1, 0.15) is 11.2 Å². The lowest BCUT2D eigenvalue weighted by Gasteiger charge is -2.28. The molecule has 0 saturated carbocycles. The van der Waals surface area contributed by atoms with E-state index in [1.807, 2.05) is 0 Å². The van der Waals surface area contributed by atoms with Gasteiger partial charge in [-0.1, -0.05) is 48.5 Å². The van der Waals surface area contributed by atoms with Gasteiger partial charge in [0.05, 0.1) is 6.61 Å². The number of halogens is 1. The predicted molar refractivity (Wildman–Crippen MR) is 85.7 cm³/mol. The molecule has 124 valence electrons. The van der Waals surface area contributed by atoms with Gasteiger partial charge in [-0.15, -0.1) is 0 Å². The molecule has 1 aliphatic heterocycles. The SMILES string of the molecule is CC(=O)OCC[C@@]1(C(=O)c2ccccc2)c2ccccc2O[C@H]1F. The third-order valence-electron chi connectivity index (χ3n) is 4.23. The minimum Gasteiger partial charge on any atom is -0.466 e. The number of alkyl halides is 1. The van der Waals surface area contributed by atoms with Crippen LogP contribution in [0, 0.1) is 0 Å². The summed E-state index contributed by atoms with van der Waals surface area (Å²) in [7, 11) is 0. The van der Waals surface area contributed by atoms with Crippen LogP contribution in [0.25, 0.3) is 0 Å². The van der Waals surface area contributed by atoms with Gasteiger partial charge in [-0.25, -0.2) is 4.39 Å². The lowest BCUT2D eigenvalue weighted by Crippen LogP contribution is -2.44. The molecule has 2 atom stereocenters. The highest BCUT2D eigenvalue weighted by atomic mass is 19.1. The van der Waals surface area contributed by atoms with Crippen LogP contribution in [0.5, 0.6) is 5.75 Å². The summed E-state index contributed by atoms with van der Waals surface area (Å²) in [6.45, 7) is 1.21. The number of para-hydroxylation sites is 1. The monoisotopic (exact) mass is 328 g/mol. The maximum atomic E-state index is 14.9. The molecule has 0 aliphatic carbocycles. The van der Waals surface area contributed by atoms with Gasteiger partial charge in [-0.2, -0.15) is 0 Å². The molecule has 4 nitrogen and oxygen atoms in total. The number of carbonyl (C=O) groups is 2. The first-order chi connectivity index (χ1) is 11.6. The lowest BCUT2D eigenvalue weighted by atomic mass is 9.73. The zero-order chi connectivity index (χ0) is 17.2. The normalized spacial score (nSPS) is 21.7. The second-order valence-corrected chi connectivity index (χ2v) is 5.69. The van der Waals surface area contributed by atoms with E-state index >= 15 is 0 Å². The highest BCUT2D eigenvalue weighted by Crippen LogP contribution is 2.47. The maximum Gasteiger partial charge on any atom is 0.302 e. The van der Waals surface area contributed by atoms with Gasteiger partial charge in [0.2, 0.25) is 0 Å². The summed E-state index contributed by atoms with van der Waals surface area (Å²) in [5.74, 6) is -0.510. The van der Waals surface area contributed by atoms with Crippen molar-refractivity contribution in [2.75, 3.05) is 6.61 Å². The Morgan fingerprint density at radius 3 is 2.50 bits per heavy atom. The fourth-order valence-electron chi connectivity index (χ4n) is 3.06. The van der Waals surface area contributed by atoms with Crippen molar-refractivity contribution in [3.8, 4) is 5.75 Å². The summed E-state index contributed by atoms with van der Waals surface area (Å²) in [6.07, 6.45) is -1.82. The van der Waals surface area contributed by atoms with Gasteiger partial charge in [-0.3, -0.25) is 9.59 Å². The second kappa shape index (κ2) is 6.43. The molecular weight excluding hydrogens is 311 g/mol. The number of ketones is 1. The summed E-state index contributed by atoms with van der Waals surface area (Å²) >= 11 is 0. The van der Waals surface area contributed by atoms with Crippen molar-refractivity contribution in [3.63, 3.8) is 0 Å². The third-order valence-corrected chi connectivity index (χ3v) is 4.23. The van der Waals surface area contributed by atoms with Crippen LogP contribution in [0.15, 0.2) is 54.6 Å². The van der Waals surface area contributed by atoms with Crippen molar-refractivity contribution in [3.05, 3.63) is 65.7 Å². The Morgan fingerprint density at radius 1 is 1.12 bits per heavy atom. The summed E-state index contributed by atoms with van der Waals surface area (Å²) in [4.78, 5) is 24.2. The molecule has 0 bridgehead atoms. The van der Waals surface area contributed by atoms with E-state index in [0.717, 1.165) is 0 Å². The van der Waals surface area contributed by atoms with Crippen LogP contribution >= 0.6 is 0 Å². The minimum atomic E-state index is -1.84. The molecule has 0 aromatic heterocycles. The van der Waals surface area contributed by atoms with E-state index in [-0.39, 0.29) is 18.8 Å². The van der Waals surface area contributed by atoms with E-state index in [2.05, 4.69) is 0 Å². The third kappa shape index (κ3) is 2.66. The van der Waals surface area contributed by atoms with Crippen molar-refractivity contribution in [1.82, 2.24) is 0 Å². The number of fused-ring (bicyclic) bond motifs is 1. The molecular formula is C19H17FO4. The van der Waals surface area contributed by atoms with Crippen molar-refractivity contribution >= 4 is 11.8 Å². The molecule has 5 heteroatoms. The van der Waals surface area contributed by atoms with Gasteiger partial charge >= 0.3 is 5.97 Å². The number of benzene rings is 2. The van der Waals surface area contributed by atoms with Crippen LogP contribution in [-0.2, 0) is 14.9 Å². The zero-order valence-corrected chi connectivity index (χ0v) is 13.2. The number of Topliss-reactive ketones (excluding diaryl/α,β-unsaturated/α-hetero) is 1. The number of ether oxygens (including phenoxy) is 2. The molecule has 24 heavy (non-hydrogen) atoms. The molecule has 0 unspecified atom stereocenters. The van der Waals surface area contributed by atoms with E-state index in [1.54, 1.807) is 54.6 Å². The number of rotatable bonds is 5. The maximum absolute atomic E-state index is 14.9. The molecule has 0 saturated heterocycles. The van der Waals surface area contributed by atoms with E-state index < -0.39 is 17.7 Å². The smallest absolute Gasteiger partial charge is 0.302 e. The van der Waals surface area contributed by atoms with Crippen LogP contribution in [0.2, 0.25) is 0 Å². The molecule has 0 fully saturated rings. The second-order valence-electron chi connectivity index (χ2n) is 5.69. The quantitative estimate of drug-likeness (QED) is 0.623. The molecule has 0 radical (unpaired) electrons. The minimum absolute atomic E-state index is 0.0124. The fraction of sp³-hybridized carbons (Fsp3) is 0.263. The predicted octanol–water partition coefficient (Wildman–Crippen LogP) is 3.45. The van der Waals surface area contributed by atoms with Gasteiger partial charge in [0.15, 0.2) is 5.78 Å². The van der Waals surface area contributed by atoms with Crippen molar-refractivity contribution in [2.24, 2.45) is 0 Å². The Labute approximate surface area is 139 Å². The Morgan fingerprint density at radius 2 is 1.79 bits per heavy atom. The summed E-state index contributed by atoms with van der Waals surface area (Å²) in [5.41, 5.74) is -0.644. The summed E-state index contributed by atoms with van der Waals surface area (Å²) < 4.78 is 25.2. The van der Waals surface area contributed by atoms with Crippen LogP contribution in [0.1, 0.15) is 29.3 Å². The number of hydrogen-bond acceptors (Lipinski definition) is 4. The molecule has 2 aromatic carbocycles. The summed E-state index contributed by atoms with van der Waals surface area (Å²) in [5, 5.41) is 0. The first-order valence-electron chi connectivity index (χ1n) is 7.69. The van der Waals surface area contributed by atoms with Gasteiger partial charge in [0.25, 0.3) is 6.36 Å². The first kappa shape index (κ1) is 16.2. The van der Waals surface area contributed by atoms with Crippen LogP contribution in [-0.4, -0.2) is 24.7 Å². The van der Waals surface area contributed by atoms with Crippen molar-refractivity contribution in [2.45, 2.75) is 25.1 Å². The Hall–Kier alpha value is -2.69. The molecule has 1 aliphatic rings.